The van der Waals surface area contributed by atoms with Gasteiger partial charge in [-0.15, -0.1) is 0 Å². The highest BCUT2D eigenvalue weighted by atomic mass is 16.6. The largest absolute Gasteiger partial charge is 0.422 e. The fraction of sp³-hybridized carbons (Fsp3) is 0.438. The lowest BCUT2D eigenvalue weighted by Crippen LogP contribution is -2.61. The zero-order chi connectivity index (χ0) is 17.4. The second kappa shape index (κ2) is 6.50. The van der Waals surface area contributed by atoms with Gasteiger partial charge in [-0.3, -0.25) is 0 Å². The van der Waals surface area contributed by atoms with Crippen LogP contribution >= 0.6 is 0 Å². The molecule has 1 fully saturated rings. The number of aryl methyl sites for hydroxylation is 1. The van der Waals surface area contributed by atoms with Crippen molar-refractivity contribution in [2.45, 2.75) is 37.6 Å². The lowest BCUT2D eigenvalue weighted by Gasteiger charge is -2.40. The third-order valence-electron chi connectivity index (χ3n) is 4.14. The van der Waals surface area contributed by atoms with Crippen molar-refractivity contribution >= 4 is 16.7 Å². The number of rotatable bonds is 3. The number of aliphatic hydroxyl groups excluding tert-OH is 4. The SMILES string of the molecule is Cc1cc2ccc(NC3[C@@H](O)OC(CO)[C@H](O)[C@H]3O)cc2oc1=O. The molecule has 24 heavy (non-hydrogen) atoms. The number of nitrogens with one attached hydrogen (secondary N) is 1. The molecule has 0 radical (unpaired) electrons. The summed E-state index contributed by atoms with van der Waals surface area (Å²) in [5, 5.41) is 42.7. The first kappa shape index (κ1) is 16.9. The minimum Gasteiger partial charge on any atom is -0.422 e. The Bertz CT molecular complexity index is 790. The second-order valence-electron chi connectivity index (χ2n) is 5.87. The van der Waals surface area contributed by atoms with Crippen molar-refractivity contribution < 1.29 is 29.6 Å². The zero-order valence-corrected chi connectivity index (χ0v) is 12.9. The summed E-state index contributed by atoms with van der Waals surface area (Å²) in [5.74, 6) is 0. The van der Waals surface area contributed by atoms with Gasteiger partial charge in [-0.25, -0.2) is 4.79 Å². The number of anilines is 1. The molecule has 3 rings (SSSR count). The topological polar surface area (TPSA) is 132 Å². The molecule has 1 aromatic heterocycles. The summed E-state index contributed by atoms with van der Waals surface area (Å²) < 4.78 is 10.3. The van der Waals surface area contributed by atoms with E-state index in [1.165, 1.54) is 0 Å². The monoisotopic (exact) mass is 337 g/mol. The van der Waals surface area contributed by atoms with E-state index >= 15 is 0 Å². The highest BCUT2D eigenvalue weighted by Gasteiger charge is 2.43. The van der Waals surface area contributed by atoms with Gasteiger partial charge in [0.2, 0.25) is 0 Å². The van der Waals surface area contributed by atoms with Crippen LogP contribution in [0.4, 0.5) is 5.69 Å². The molecule has 0 bridgehead atoms. The van der Waals surface area contributed by atoms with Crippen LogP contribution in [0.1, 0.15) is 5.56 Å². The van der Waals surface area contributed by atoms with Crippen LogP contribution in [0.3, 0.4) is 0 Å². The highest BCUT2D eigenvalue weighted by molar-refractivity contribution is 5.80. The number of hydrogen-bond acceptors (Lipinski definition) is 8. The van der Waals surface area contributed by atoms with Gasteiger partial charge in [-0.1, -0.05) is 0 Å². The Morgan fingerprint density at radius 1 is 1.17 bits per heavy atom. The van der Waals surface area contributed by atoms with Gasteiger partial charge >= 0.3 is 5.63 Å². The van der Waals surface area contributed by atoms with E-state index in [4.69, 9.17) is 14.3 Å². The molecule has 5 N–H and O–H groups in total. The Morgan fingerprint density at radius 3 is 2.62 bits per heavy atom. The molecular formula is C16H19NO7. The van der Waals surface area contributed by atoms with E-state index in [1.807, 2.05) is 0 Å². The Morgan fingerprint density at radius 2 is 1.92 bits per heavy atom. The Hall–Kier alpha value is -1.97. The van der Waals surface area contributed by atoms with Crippen LogP contribution in [0.5, 0.6) is 0 Å². The van der Waals surface area contributed by atoms with Gasteiger partial charge in [-0.05, 0) is 25.1 Å². The quantitative estimate of drug-likeness (QED) is 0.465. The summed E-state index contributed by atoms with van der Waals surface area (Å²) in [6, 6.07) is 5.65. The third kappa shape index (κ3) is 3.02. The summed E-state index contributed by atoms with van der Waals surface area (Å²) in [4.78, 5) is 11.6. The molecule has 5 atom stereocenters. The number of fused-ring (bicyclic) bond motifs is 1. The third-order valence-corrected chi connectivity index (χ3v) is 4.14. The molecule has 2 heterocycles. The first-order valence-electron chi connectivity index (χ1n) is 7.52. The first-order chi connectivity index (χ1) is 11.4. The summed E-state index contributed by atoms with van der Waals surface area (Å²) in [7, 11) is 0. The van der Waals surface area contributed by atoms with Gasteiger partial charge < -0.3 is 34.9 Å². The average Bonchev–Trinajstić information content (AvgIpc) is 2.56. The Kier molecular flexibility index (Phi) is 4.57. The maximum absolute atomic E-state index is 11.6. The van der Waals surface area contributed by atoms with Gasteiger partial charge in [-0.2, -0.15) is 0 Å². The van der Waals surface area contributed by atoms with Crippen LogP contribution in [-0.4, -0.2) is 57.7 Å². The molecule has 0 spiro atoms. The molecule has 130 valence electrons. The normalized spacial score (nSPS) is 30.5. The van der Waals surface area contributed by atoms with E-state index in [1.54, 1.807) is 31.2 Å². The maximum Gasteiger partial charge on any atom is 0.339 e. The Labute approximate surface area is 136 Å². The fourth-order valence-electron chi connectivity index (χ4n) is 2.75. The molecule has 1 aliphatic rings. The molecule has 1 aromatic carbocycles. The predicted molar refractivity (Wildman–Crippen MR) is 84.6 cm³/mol. The summed E-state index contributed by atoms with van der Waals surface area (Å²) in [5.41, 5.74) is 0.871. The van der Waals surface area contributed by atoms with Crippen molar-refractivity contribution in [3.05, 3.63) is 40.2 Å². The molecule has 2 unspecified atom stereocenters. The van der Waals surface area contributed by atoms with E-state index in [9.17, 15) is 20.1 Å². The second-order valence-corrected chi connectivity index (χ2v) is 5.87. The van der Waals surface area contributed by atoms with E-state index in [2.05, 4.69) is 5.32 Å². The molecule has 8 nitrogen and oxygen atoms in total. The van der Waals surface area contributed by atoms with E-state index < -0.39 is 42.9 Å². The van der Waals surface area contributed by atoms with Crippen molar-refractivity contribution in [3.63, 3.8) is 0 Å². The molecule has 2 aromatic rings. The molecular weight excluding hydrogens is 318 g/mol. The standard InChI is InChI=1S/C16H19NO7/c1-7-4-8-2-3-9(5-10(8)23-15(7)21)17-12-14(20)13(19)11(6-18)24-16(12)22/h2-5,11-14,16-20,22H,6H2,1H3/t11?,12?,13-,14-,16-/m0/s1. The number of hydrogen-bond donors (Lipinski definition) is 5. The van der Waals surface area contributed by atoms with E-state index in [0.29, 0.717) is 16.8 Å². The molecule has 0 aliphatic carbocycles. The molecule has 1 aliphatic heterocycles. The number of ether oxygens (including phenoxy) is 1. The van der Waals surface area contributed by atoms with Gasteiger partial charge in [0.1, 0.15) is 29.9 Å². The average molecular weight is 337 g/mol. The minimum absolute atomic E-state index is 0.352. The maximum atomic E-state index is 11.6. The van der Waals surface area contributed by atoms with Crippen molar-refractivity contribution in [2.75, 3.05) is 11.9 Å². The predicted octanol–water partition coefficient (Wildman–Crippen LogP) is -0.687. The molecule has 8 heteroatoms. The van der Waals surface area contributed by atoms with Crippen molar-refractivity contribution in [1.82, 2.24) is 0 Å². The number of benzene rings is 1. The highest BCUT2D eigenvalue weighted by Crippen LogP contribution is 2.25. The van der Waals surface area contributed by atoms with Crippen LogP contribution in [-0.2, 0) is 4.74 Å². The van der Waals surface area contributed by atoms with Gasteiger partial charge in [0.05, 0.1) is 6.61 Å². The lowest BCUT2D eigenvalue weighted by molar-refractivity contribution is -0.245. The Balaban J connectivity index is 1.86. The van der Waals surface area contributed by atoms with Crippen LogP contribution < -0.4 is 10.9 Å². The summed E-state index contributed by atoms with van der Waals surface area (Å²) in [6.07, 6.45) is -5.20. The van der Waals surface area contributed by atoms with Crippen LogP contribution in [0.25, 0.3) is 11.0 Å². The minimum atomic E-state index is -1.43. The molecule has 0 amide bonds. The smallest absolute Gasteiger partial charge is 0.339 e. The van der Waals surface area contributed by atoms with Crippen LogP contribution in [0, 0.1) is 6.92 Å². The zero-order valence-electron chi connectivity index (χ0n) is 12.9. The van der Waals surface area contributed by atoms with E-state index in [0.717, 1.165) is 5.39 Å². The summed E-state index contributed by atoms with van der Waals surface area (Å²) >= 11 is 0. The lowest BCUT2D eigenvalue weighted by atomic mass is 9.97. The van der Waals surface area contributed by atoms with Crippen molar-refractivity contribution in [1.29, 1.82) is 0 Å². The van der Waals surface area contributed by atoms with Gasteiger partial charge in [0, 0.05) is 22.7 Å². The fourth-order valence-corrected chi connectivity index (χ4v) is 2.75. The van der Waals surface area contributed by atoms with Gasteiger partial charge in [0.15, 0.2) is 6.29 Å². The van der Waals surface area contributed by atoms with E-state index in [-0.39, 0.29) is 0 Å². The molecule has 0 saturated carbocycles. The summed E-state index contributed by atoms with van der Waals surface area (Å²) in [6.45, 7) is 1.13. The van der Waals surface area contributed by atoms with Gasteiger partial charge in [0.25, 0.3) is 0 Å². The van der Waals surface area contributed by atoms with Crippen molar-refractivity contribution in [2.24, 2.45) is 0 Å². The van der Waals surface area contributed by atoms with Crippen LogP contribution in [0.15, 0.2) is 33.5 Å². The van der Waals surface area contributed by atoms with Crippen molar-refractivity contribution in [3.8, 4) is 0 Å². The number of aliphatic hydroxyl groups is 4. The first-order valence-corrected chi connectivity index (χ1v) is 7.52. The van der Waals surface area contributed by atoms with Crippen LogP contribution in [0.2, 0.25) is 0 Å². The molecule has 1 saturated heterocycles.